The van der Waals surface area contributed by atoms with E-state index in [4.69, 9.17) is 4.74 Å². The highest BCUT2D eigenvalue weighted by Gasteiger charge is 2.31. The molecule has 1 aliphatic rings. The van der Waals surface area contributed by atoms with Crippen molar-refractivity contribution in [2.45, 2.75) is 19.4 Å². The molecule has 1 aliphatic heterocycles. The minimum atomic E-state index is -0.0751. The fourth-order valence-corrected chi connectivity index (χ4v) is 1.59. The third kappa shape index (κ3) is 1.57. The monoisotopic (exact) mass is 176 g/mol. The van der Waals surface area contributed by atoms with E-state index in [1.165, 1.54) is 0 Å². The van der Waals surface area contributed by atoms with Crippen LogP contribution < -0.4 is 0 Å². The number of carbonyl (C=O) groups excluding carboxylic acids is 1. The van der Waals surface area contributed by atoms with E-state index in [2.05, 4.69) is 0 Å². The molecule has 0 saturated carbocycles. The zero-order valence-corrected chi connectivity index (χ0v) is 7.57. The summed E-state index contributed by atoms with van der Waals surface area (Å²) >= 11 is 0. The number of benzene rings is 1. The van der Waals surface area contributed by atoms with Crippen molar-refractivity contribution < 1.29 is 9.53 Å². The number of ether oxygens (including phenoxy) is 1. The van der Waals surface area contributed by atoms with Gasteiger partial charge in [-0.1, -0.05) is 37.3 Å². The molecule has 1 aromatic carbocycles. The van der Waals surface area contributed by atoms with E-state index in [1.54, 1.807) is 0 Å². The summed E-state index contributed by atoms with van der Waals surface area (Å²) in [7, 11) is 0. The topological polar surface area (TPSA) is 26.3 Å². The Morgan fingerprint density at radius 1 is 1.31 bits per heavy atom. The number of hydrogen-bond acceptors (Lipinski definition) is 2. The summed E-state index contributed by atoms with van der Waals surface area (Å²) in [6, 6.07) is 9.88. The Bertz CT molecular complexity index is 305. The average molecular weight is 176 g/mol. The highest BCUT2D eigenvalue weighted by atomic mass is 16.5. The standard InChI is InChI=1S/C11H12O2/c1-8-7-10(13-11(8)12)9-5-3-2-4-6-9/h2-6,8,10H,7H2,1H3/t8-,10+/m1/s1. The lowest BCUT2D eigenvalue weighted by Gasteiger charge is -2.07. The lowest BCUT2D eigenvalue weighted by atomic mass is 10.0. The molecule has 2 atom stereocenters. The van der Waals surface area contributed by atoms with Gasteiger partial charge in [0.2, 0.25) is 0 Å². The number of hydrogen-bond donors (Lipinski definition) is 0. The van der Waals surface area contributed by atoms with Crippen molar-refractivity contribution in [3.8, 4) is 0 Å². The molecule has 1 saturated heterocycles. The van der Waals surface area contributed by atoms with Crippen molar-refractivity contribution in [2.24, 2.45) is 5.92 Å². The Kier molecular flexibility index (Phi) is 2.05. The summed E-state index contributed by atoms with van der Waals surface area (Å²) in [6.45, 7) is 1.91. The molecule has 68 valence electrons. The molecular formula is C11H12O2. The zero-order valence-electron chi connectivity index (χ0n) is 7.57. The maximum Gasteiger partial charge on any atom is 0.309 e. The molecule has 2 heteroatoms. The Hall–Kier alpha value is -1.31. The van der Waals surface area contributed by atoms with Gasteiger partial charge in [-0.3, -0.25) is 4.79 Å². The van der Waals surface area contributed by atoms with Crippen molar-refractivity contribution in [3.05, 3.63) is 35.9 Å². The number of rotatable bonds is 1. The van der Waals surface area contributed by atoms with Gasteiger partial charge in [0.25, 0.3) is 0 Å². The summed E-state index contributed by atoms with van der Waals surface area (Å²) in [4.78, 5) is 11.1. The maximum atomic E-state index is 11.1. The van der Waals surface area contributed by atoms with Crippen LogP contribution in [0.5, 0.6) is 0 Å². The van der Waals surface area contributed by atoms with E-state index in [9.17, 15) is 4.79 Å². The largest absolute Gasteiger partial charge is 0.457 e. The first-order chi connectivity index (χ1) is 6.27. The Morgan fingerprint density at radius 3 is 2.54 bits per heavy atom. The molecule has 2 rings (SSSR count). The van der Waals surface area contributed by atoms with Gasteiger partial charge in [-0.25, -0.2) is 0 Å². The second-order valence-corrected chi connectivity index (χ2v) is 3.47. The molecular weight excluding hydrogens is 164 g/mol. The van der Waals surface area contributed by atoms with Gasteiger partial charge >= 0.3 is 5.97 Å². The predicted molar refractivity (Wildman–Crippen MR) is 49.1 cm³/mol. The Morgan fingerprint density at radius 2 is 2.00 bits per heavy atom. The van der Waals surface area contributed by atoms with Gasteiger partial charge in [0.05, 0.1) is 5.92 Å². The zero-order chi connectivity index (χ0) is 9.26. The first-order valence-corrected chi connectivity index (χ1v) is 4.53. The van der Waals surface area contributed by atoms with Gasteiger partial charge in [0, 0.05) is 6.42 Å². The van der Waals surface area contributed by atoms with Gasteiger partial charge < -0.3 is 4.74 Å². The third-order valence-corrected chi connectivity index (χ3v) is 2.40. The first-order valence-electron chi connectivity index (χ1n) is 4.53. The van der Waals surface area contributed by atoms with Gasteiger partial charge in [-0.2, -0.15) is 0 Å². The van der Waals surface area contributed by atoms with E-state index >= 15 is 0 Å². The summed E-state index contributed by atoms with van der Waals surface area (Å²) in [5, 5.41) is 0. The SMILES string of the molecule is C[C@@H]1C[C@@H](c2ccccc2)OC1=O. The highest BCUT2D eigenvalue weighted by Crippen LogP contribution is 2.32. The van der Waals surface area contributed by atoms with Crippen molar-refractivity contribution in [3.63, 3.8) is 0 Å². The number of cyclic esters (lactones) is 1. The summed E-state index contributed by atoms with van der Waals surface area (Å²) < 4.78 is 5.22. The fourth-order valence-electron chi connectivity index (χ4n) is 1.59. The molecule has 0 spiro atoms. The van der Waals surface area contributed by atoms with Crippen LogP contribution >= 0.6 is 0 Å². The third-order valence-electron chi connectivity index (χ3n) is 2.40. The summed E-state index contributed by atoms with van der Waals surface area (Å²) in [6.07, 6.45) is 0.784. The molecule has 13 heavy (non-hydrogen) atoms. The molecule has 0 amide bonds. The van der Waals surface area contributed by atoms with Gasteiger partial charge in [0.1, 0.15) is 6.10 Å². The predicted octanol–water partition coefficient (Wildman–Crippen LogP) is 2.31. The van der Waals surface area contributed by atoms with Crippen molar-refractivity contribution in [1.29, 1.82) is 0 Å². The quantitative estimate of drug-likeness (QED) is 0.614. The van der Waals surface area contributed by atoms with Crippen LogP contribution in [0.2, 0.25) is 0 Å². The van der Waals surface area contributed by atoms with Crippen LogP contribution in [0.15, 0.2) is 30.3 Å². The summed E-state index contributed by atoms with van der Waals surface area (Å²) in [5.41, 5.74) is 1.10. The van der Waals surface area contributed by atoms with Crippen LogP contribution in [-0.4, -0.2) is 5.97 Å². The number of esters is 1. The molecule has 0 bridgehead atoms. The minimum absolute atomic E-state index is 0.0244. The molecule has 0 radical (unpaired) electrons. The summed E-state index contributed by atoms with van der Waals surface area (Å²) in [5.74, 6) is -0.0286. The van der Waals surface area contributed by atoms with Gasteiger partial charge in [0.15, 0.2) is 0 Å². The van der Waals surface area contributed by atoms with Crippen LogP contribution in [0.4, 0.5) is 0 Å². The van der Waals surface area contributed by atoms with Crippen LogP contribution in [0.1, 0.15) is 25.0 Å². The smallest absolute Gasteiger partial charge is 0.309 e. The van der Waals surface area contributed by atoms with E-state index in [0.717, 1.165) is 12.0 Å². The molecule has 2 nitrogen and oxygen atoms in total. The van der Waals surface area contributed by atoms with Crippen molar-refractivity contribution in [2.75, 3.05) is 0 Å². The molecule has 0 N–H and O–H groups in total. The molecule has 1 heterocycles. The second kappa shape index (κ2) is 3.21. The fraction of sp³-hybridized carbons (Fsp3) is 0.364. The molecule has 1 fully saturated rings. The van der Waals surface area contributed by atoms with Crippen LogP contribution in [-0.2, 0) is 9.53 Å². The van der Waals surface area contributed by atoms with E-state index in [1.807, 2.05) is 37.3 Å². The van der Waals surface area contributed by atoms with E-state index in [-0.39, 0.29) is 18.0 Å². The molecule has 0 unspecified atom stereocenters. The normalized spacial score (nSPS) is 27.3. The lowest BCUT2D eigenvalue weighted by molar-refractivity contribution is -0.144. The Labute approximate surface area is 77.5 Å². The minimum Gasteiger partial charge on any atom is -0.457 e. The van der Waals surface area contributed by atoms with Crippen molar-refractivity contribution in [1.82, 2.24) is 0 Å². The van der Waals surface area contributed by atoms with Gasteiger partial charge in [-0.15, -0.1) is 0 Å². The maximum absolute atomic E-state index is 11.1. The molecule has 0 aliphatic carbocycles. The first kappa shape index (κ1) is 8.30. The van der Waals surface area contributed by atoms with Gasteiger partial charge in [-0.05, 0) is 5.56 Å². The van der Waals surface area contributed by atoms with E-state index in [0.29, 0.717) is 0 Å². The number of carbonyl (C=O) groups is 1. The lowest BCUT2D eigenvalue weighted by Crippen LogP contribution is -2.01. The van der Waals surface area contributed by atoms with Crippen molar-refractivity contribution >= 4 is 5.97 Å². The Balaban J connectivity index is 2.17. The average Bonchev–Trinajstić information content (AvgIpc) is 2.49. The van der Waals surface area contributed by atoms with Crippen LogP contribution in [0.3, 0.4) is 0 Å². The highest BCUT2D eigenvalue weighted by molar-refractivity contribution is 5.74. The second-order valence-electron chi connectivity index (χ2n) is 3.47. The molecule has 1 aromatic rings. The van der Waals surface area contributed by atoms with Crippen LogP contribution in [0, 0.1) is 5.92 Å². The van der Waals surface area contributed by atoms with Crippen LogP contribution in [0.25, 0.3) is 0 Å². The van der Waals surface area contributed by atoms with E-state index < -0.39 is 0 Å². The molecule has 0 aromatic heterocycles.